The van der Waals surface area contributed by atoms with Gasteiger partial charge in [0.05, 0.1) is 12.0 Å². The van der Waals surface area contributed by atoms with Crippen molar-refractivity contribution in [3.8, 4) is 0 Å². The summed E-state index contributed by atoms with van der Waals surface area (Å²) in [6.07, 6.45) is 6.48. The fraction of sp³-hybridized carbons (Fsp3) is 0.875. The maximum atomic E-state index is 12.4. The van der Waals surface area contributed by atoms with Gasteiger partial charge in [0.2, 0.25) is 11.8 Å². The molecule has 1 aliphatic heterocycles. The van der Waals surface area contributed by atoms with Crippen LogP contribution < -0.4 is 16.4 Å². The molecule has 0 aromatic heterocycles. The van der Waals surface area contributed by atoms with E-state index in [9.17, 15) is 9.59 Å². The lowest BCUT2D eigenvalue weighted by atomic mass is 9.95. The van der Waals surface area contributed by atoms with E-state index in [1.165, 1.54) is 12.8 Å². The van der Waals surface area contributed by atoms with Gasteiger partial charge in [0.15, 0.2) is 0 Å². The van der Waals surface area contributed by atoms with Gasteiger partial charge in [0.25, 0.3) is 0 Å². The Hall–Kier alpha value is -1.14. The van der Waals surface area contributed by atoms with Gasteiger partial charge >= 0.3 is 0 Å². The zero-order valence-electron chi connectivity index (χ0n) is 13.6. The van der Waals surface area contributed by atoms with Crippen molar-refractivity contribution < 1.29 is 9.59 Å². The summed E-state index contributed by atoms with van der Waals surface area (Å²) >= 11 is 0. The monoisotopic (exact) mass is 310 g/mol. The molecule has 1 saturated carbocycles. The fourth-order valence-electron chi connectivity index (χ4n) is 3.47. The lowest BCUT2D eigenvalue weighted by Crippen LogP contribution is -2.52. The summed E-state index contributed by atoms with van der Waals surface area (Å²) < 4.78 is 0. The van der Waals surface area contributed by atoms with Crippen LogP contribution >= 0.6 is 0 Å². The van der Waals surface area contributed by atoms with Gasteiger partial charge in [0, 0.05) is 25.7 Å². The van der Waals surface area contributed by atoms with Crippen LogP contribution in [0.4, 0.5) is 0 Å². The molecular formula is C16H30N4O2. The second-order valence-electron chi connectivity index (χ2n) is 6.58. The van der Waals surface area contributed by atoms with Crippen molar-refractivity contribution in [3.05, 3.63) is 0 Å². The van der Waals surface area contributed by atoms with Crippen molar-refractivity contribution >= 4 is 11.8 Å². The van der Waals surface area contributed by atoms with Crippen LogP contribution in [0.5, 0.6) is 0 Å². The third kappa shape index (κ3) is 4.68. The Morgan fingerprint density at radius 2 is 1.95 bits per heavy atom. The number of nitrogens with two attached hydrogens (primary N) is 1. The summed E-state index contributed by atoms with van der Waals surface area (Å²) in [6, 6.07) is 0.189. The maximum Gasteiger partial charge on any atom is 0.237 e. The number of rotatable bonds is 6. The third-order valence-electron chi connectivity index (χ3n) is 4.90. The van der Waals surface area contributed by atoms with Gasteiger partial charge in [-0.25, -0.2) is 0 Å². The van der Waals surface area contributed by atoms with Crippen molar-refractivity contribution in [2.24, 2.45) is 11.7 Å². The molecule has 2 amide bonds. The average molecular weight is 310 g/mol. The Morgan fingerprint density at radius 3 is 2.64 bits per heavy atom. The first-order valence-electron chi connectivity index (χ1n) is 8.64. The molecule has 0 bridgehead atoms. The van der Waals surface area contributed by atoms with Crippen molar-refractivity contribution in [3.63, 3.8) is 0 Å². The highest BCUT2D eigenvalue weighted by molar-refractivity contribution is 5.82. The maximum absolute atomic E-state index is 12.4. The molecule has 0 aromatic rings. The van der Waals surface area contributed by atoms with Gasteiger partial charge in [-0.3, -0.25) is 14.5 Å². The first kappa shape index (κ1) is 17.2. The van der Waals surface area contributed by atoms with Crippen LogP contribution in [0.1, 0.15) is 45.4 Å². The average Bonchev–Trinajstić information content (AvgIpc) is 3.04. The fourth-order valence-corrected chi connectivity index (χ4v) is 3.47. The molecule has 22 heavy (non-hydrogen) atoms. The Labute approximate surface area is 133 Å². The molecule has 2 aliphatic rings. The number of hydrogen-bond donors (Lipinski definition) is 3. The minimum absolute atomic E-state index is 0.0259. The standard InChI is InChI=1S/C16H30N4O2/c1-12(15(21)19-14-6-2-3-7-14)20-10-4-5-13(11-20)16(22)18-9-8-17/h12-14H,2-11,17H2,1H3,(H,18,22)(H,19,21). The lowest BCUT2D eigenvalue weighted by molar-refractivity contribution is -0.131. The number of amides is 2. The van der Waals surface area contributed by atoms with Crippen molar-refractivity contribution in [1.82, 2.24) is 15.5 Å². The topological polar surface area (TPSA) is 87.5 Å². The highest BCUT2D eigenvalue weighted by Gasteiger charge is 2.31. The Balaban J connectivity index is 1.82. The van der Waals surface area contributed by atoms with E-state index < -0.39 is 0 Å². The van der Waals surface area contributed by atoms with Crippen LogP contribution in [-0.2, 0) is 9.59 Å². The van der Waals surface area contributed by atoms with Crippen molar-refractivity contribution in [1.29, 1.82) is 0 Å². The van der Waals surface area contributed by atoms with Crippen LogP contribution in [0, 0.1) is 5.92 Å². The largest absolute Gasteiger partial charge is 0.355 e. The first-order chi connectivity index (χ1) is 10.6. The molecule has 0 spiro atoms. The van der Waals surface area contributed by atoms with E-state index in [4.69, 9.17) is 5.73 Å². The molecule has 1 saturated heterocycles. The molecule has 126 valence electrons. The van der Waals surface area contributed by atoms with Gasteiger partial charge in [0.1, 0.15) is 0 Å². The normalized spacial score (nSPS) is 24.9. The van der Waals surface area contributed by atoms with Crippen LogP contribution in [0.2, 0.25) is 0 Å². The highest BCUT2D eigenvalue weighted by atomic mass is 16.2. The Kier molecular flexibility index (Phi) is 6.64. The van der Waals surface area contributed by atoms with Crippen LogP contribution in [0.3, 0.4) is 0 Å². The zero-order chi connectivity index (χ0) is 15.9. The van der Waals surface area contributed by atoms with E-state index in [-0.39, 0.29) is 23.8 Å². The quantitative estimate of drug-likeness (QED) is 0.655. The van der Waals surface area contributed by atoms with Crippen LogP contribution in [-0.4, -0.2) is 55.0 Å². The Bertz CT molecular complexity index is 382. The van der Waals surface area contributed by atoms with E-state index in [0.717, 1.165) is 32.2 Å². The van der Waals surface area contributed by atoms with E-state index in [1.807, 2.05) is 6.92 Å². The van der Waals surface area contributed by atoms with Gasteiger partial charge in [-0.1, -0.05) is 12.8 Å². The summed E-state index contributed by atoms with van der Waals surface area (Å²) in [5, 5.41) is 6.01. The van der Waals surface area contributed by atoms with Crippen LogP contribution in [0.15, 0.2) is 0 Å². The molecule has 0 radical (unpaired) electrons. The smallest absolute Gasteiger partial charge is 0.237 e. The predicted molar refractivity (Wildman–Crippen MR) is 86.2 cm³/mol. The molecule has 2 unspecified atom stereocenters. The first-order valence-corrected chi connectivity index (χ1v) is 8.64. The molecule has 2 rings (SSSR count). The van der Waals surface area contributed by atoms with E-state index in [0.29, 0.717) is 25.7 Å². The predicted octanol–water partition coefficient (Wildman–Crippen LogP) is 0.221. The molecule has 0 aromatic carbocycles. The van der Waals surface area contributed by atoms with Crippen molar-refractivity contribution in [2.45, 2.75) is 57.5 Å². The summed E-state index contributed by atoms with van der Waals surface area (Å²) in [5.74, 6) is 0.149. The molecule has 6 heteroatoms. The third-order valence-corrected chi connectivity index (χ3v) is 4.90. The number of likely N-dealkylation sites (tertiary alicyclic amines) is 1. The van der Waals surface area contributed by atoms with Gasteiger partial charge < -0.3 is 16.4 Å². The zero-order valence-corrected chi connectivity index (χ0v) is 13.6. The molecule has 1 heterocycles. The van der Waals surface area contributed by atoms with E-state index >= 15 is 0 Å². The number of nitrogens with one attached hydrogen (secondary N) is 2. The summed E-state index contributed by atoms with van der Waals surface area (Å²) in [5.41, 5.74) is 5.42. The second kappa shape index (κ2) is 8.48. The van der Waals surface area contributed by atoms with E-state index in [2.05, 4.69) is 15.5 Å². The summed E-state index contributed by atoms with van der Waals surface area (Å²) in [6.45, 7) is 4.48. The number of carbonyl (C=O) groups is 2. The molecule has 6 nitrogen and oxygen atoms in total. The highest BCUT2D eigenvalue weighted by Crippen LogP contribution is 2.20. The molecule has 2 fully saturated rings. The number of nitrogens with zero attached hydrogens (tertiary/aromatic N) is 1. The minimum atomic E-state index is -0.161. The van der Waals surface area contributed by atoms with Crippen LogP contribution in [0.25, 0.3) is 0 Å². The van der Waals surface area contributed by atoms with Gasteiger partial charge in [-0.2, -0.15) is 0 Å². The van der Waals surface area contributed by atoms with Crippen molar-refractivity contribution in [2.75, 3.05) is 26.2 Å². The molecule has 4 N–H and O–H groups in total. The lowest BCUT2D eigenvalue weighted by Gasteiger charge is -2.35. The minimum Gasteiger partial charge on any atom is -0.355 e. The molecule has 1 aliphatic carbocycles. The SMILES string of the molecule is CC(C(=O)NC1CCCC1)N1CCCC(C(=O)NCCN)C1. The molecular weight excluding hydrogens is 280 g/mol. The van der Waals surface area contributed by atoms with Gasteiger partial charge in [-0.05, 0) is 39.2 Å². The second-order valence-corrected chi connectivity index (χ2v) is 6.58. The van der Waals surface area contributed by atoms with E-state index in [1.54, 1.807) is 0 Å². The summed E-state index contributed by atoms with van der Waals surface area (Å²) in [7, 11) is 0. The van der Waals surface area contributed by atoms with Gasteiger partial charge in [-0.15, -0.1) is 0 Å². The number of piperidine rings is 1. The molecule has 2 atom stereocenters. The summed E-state index contributed by atoms with van der Waals surface area (Å²) in [4.78, 5) is 26.6. The number of hydrogen-bond acceptors (Lipinski definition) is 4. The Morgan fingerprint density at radius 1 is 1.23 bits per heavy atom. The number of carbonyl (C=O) groups excluding carboxylic acids is 2.